The largest absolute Gasteiger partial charge is 0.493 e. The monoisotopic (exact) mass is 306 g/mol. The van der Waals surface area contributed by atoms with Gasteiger partial charge >= 0.3 is 0 Å². The van der Waals surface area contributed by atoms with Gasteiger partial charge in [0.2, 0.25) is 5.91 Å². The minimum atomic E-state index is 0.0409. The standard InChI is InChI=1S/C15H18N2O3S/c1-17(2)14(18)8-11-9-21-15(16-11)10-5-6-12(19-3)13(7-10)20-4/h5-7,9H,8H2,1-4H3. The van der Waals surface area contributed by atoms with Crippen molar-refractivity contribution in [3.05, 3.63) is 29.3 Å². The molecule has 1 aromatic carbocycles. The summed E-state index contributed by atoms with van der Waals surface area (Å²) in [6.45, 7) is 0. The highest BCUT2D eigenvalue weighted by Crippen LogP contribution is 2.33. The molecule has 0 spiro atoms. The quantitative estimate of drug-likeness (QED) is 0.851. The third-order valence-corrected chi connectivity index (χ3v) is 3.95. The minimum Gasteiger partial charge on any atom is -0.493 e. The number of aromatic nitrogens is 1. The maximum atomic E-state index is 11.7. The number of hydrogen-bond donors (Lipinski definition) is 0. The molecule has 0 unspecified atom stereocenters. The Morgan fingerprint density at radius 2 is 1.95 bits per heavy atom. The van der Waals surface area contributed by atoms with Crippen molar-refractivity contribution in [2.45, 2.75) is 6.42 Å². The Morgan fingerprint density at radius 1 is 1.24 bits per heavy atom. The van der Waals surface area contributed by atoms with E-state index in [0.717, 1.165) is 16.3 Å². The molecule has 112 valence electrons. The van der Waals surface area contributed by atoms with Crippen molar-refractivity contribution in [2.75, 3.05) is 28.3 Å². The fourth-order valence-electron chi connectivity index (χ4n) is 1.80. The number of rotatable bonds is 5. The number of methoxy groups -OCH3 is 2. The molecule has 0 N–H and O–H groups in total. The van der Waals surface area contributed by atoms with Gasteiger partial charge in [0.25, 0.3) is 0 Å². The number of benzene rings is 1. The van der Waals surface area contributed by atoms with Gasteiger partial charge in [0, 0.05) is 25.0 Å². The summed E-state index contributed by atoms with van der Waals surface area (Å²) in [6, 6.07) is 5.66. The van der Waals surface area contributed by atoms with Gasteiger partial charge in [0.1, 0.15) is 5.01 Å². The van der Waals surface area contributed by atoms with Crippen LogP contribution in [0.5, 0.6) is 11.5 Å². The molecule has 0 radical (unpaired) electrons. The van der Waals surface area contributed by atoms with E-state index < -0.39 is 0 Å². The van der Waals surface area contributed by atoms with Crippen LogP contribution in [-0.2, 0) is 11.2 Å². The van der Waals surface area contributed by atoms with Gasteiger partial charge < -0.3 is 14.4 Å². The highest BCUT2D eigenvalue weighted by molar-refractivity contribution is 7.13. The van der Waals surface area contributed by atoms with Gasteiger partial charge in [-0.2, -0.15) is 0 Å². The molecule has 2 rings (SSSR count). The van der Waals surface area contributed by atoms with E-state index in [9.17, 15) is 4.79 Å². The van der Waals surface area contributed by atoms with Crippen LogP contribution in [0.15, 0.2) is 23.6 Å². The Kier molecular flexibility index (Phi) is 4.80. The number of nitrogens with zero attached hydrogens (tertiary/aromatic N) is 2. The van der Waals surface area contributed by atoms with Crippen molar-refractivity contribution >= 4 is 17.2 Å². The van der Waals surface area contributed by atoms with Crippen molar-refractivity contribution < 1.29 is 14.3 Å². The Balaban J connectivity index is 2.23. The smallest absolute Gasteiger partial charge is 0.228 e. The second-order valence-electron chi connectivity index (χ2n) is 4.68. The molecule has 0 saturated carbocycles. The van der Waals surface area contributed by atoms with E-state index in [4.69, 9.17) is 9.47 Å². The number of carbonyl (C=O) groups excluding carboxylic acids is 1. The topological polar surface area (TPSA) is 51.7 Å². The van der Waals surface area contributed by atoms with Crippen molar-refractivity contribution in [2.24, 2.45) is 0 Å². The number of amides is 1. The Morgan fingerprint density at radius 3 is 2.57 bits per heavy atom. The number of hydrogen-bond acceptors (Lipinski definition) is 5. The van der Waals surface area contributed by atoms with Gasteiger partial charge in [-0.3, -0.25) is 4.79 Å². The molecule has 1 amide bonds. The average molecular weight is 306 g/mol. The Hall–Kier alpha value is -2.08. The Bertz CT molecular complexity index is 638. The SMILES string of the molecule is COc1ccc(-c2nc(CC(=O)N(C)C)cs2)cc1OC. The molecule has 5 nitrogen and oxygen atoms in total. The van der Waals surface area contributed by atoms with Crippen LogP contribution in [0.4, 0.5) is 0 Å². The third-order valence-electron chi connectivity index (χ3n) is 3.01. The van der Waals surface area contributed by atoms with Crippen LogP contribution in [0, 0.1) is 0 Å². The van der Waals surface area contributed by atoms with Crippen molar-refractivity contribution in [1.29, 1.82) is 0 Å². The zero-order valence-electron chi connectivity index (χ0n) is 12.5. The van der Waals surface area contributed by atoms with Crippen molar-refractivity contribution in [3.8, 4) is 22.1 Å². The number of carbonyl (C=O) groups is 1. The molecule has 1 aromatic heterocycles. The summed E-state index contributed by atoms with van der Waals surface area (Å²) in [5.74, 6) is 1.39. The van der Waals surface area contributed by atoms with Gasteiger partial charge in [-0.1, -0.05) is 0 Å². The first kappa shape index (κ1) is 15.3. The maximum Gasteiger partial charge on any atom is 0.228 e. The molecule has 0 aliphatic carbocycles. The van der Waals surface area contributed by atoms with Crippen LogP contribution in [0.25, 0.3) is 10.6 Å². The van der Waals surface area contributed by atoms with Crippen LogP contribution in [-0.4, -0.2) is 44.1 Å². The molecule has 0 saturated heterocycles. The molecule has 2 aromatic rings. The van der Waals surface area contributed by atoms with Crippen molar-refractivity contribution in [1.82, 2.24) is 9.88 Å². The van der Waals surface area contributed by atoms with E-state index >= 15 is 0 Å². The molecular weight excluding hydrogens is 288 g/mol. The molecule has 6 heteroatoms. The van der Waals surface area contributed by atoms with Gasteiger partial charge in [-0.25, -0.2) is 4.98 Å². The predicted molar refractivity (Wildman–Crippen MR) is 83.1 cm³/mol. The fourth-order valence-corrected chi connectivity index (χ4v) is 2.62. The van der Waals surface area contributed by atoms with Crippen LogP contribution >= 0.6 is 11.3 Å². The lowest BCUT2D eigenvalue weighted by atomic mass is 10.2. The van der Waals surface area contributed by atoms with E-state index in [-0.39, 0.29) is 5.91 Å². The van der Waals surface area contributed by atoms with E-state index in [1.165, 1.54) is 11.3 Å². The highest BCUT2D eigenvalue weighted by atomic mass is 32.1. The first-order valence-corrected chi connectivity index (χ1v) is 7.30. The third kappa shape index (κ3) is 3.52. The summed E-state index contributed by atoms with van der Waals surface area (Å²) in [4.78, 5) is 17.8. The van der Waals surface area contributed by atoms with Gasteiger partial charge in [0.05, 0.1) is 26.3 Å². The predicted octanol–water partition coefficient (Wildman–Crippen LogP) is 2.46. The zero-order valence-corrected chi connectivity index (χ0v) is 13.4. The van der Waals surface area contributed by atoms with E-state index in [1.807, 2.05) is 23.6 Å². The van der Waals surface area contributed by atoms with Crippen molar-refractivity contribution in [3.63, 3.8) is 0 Å². The van der Waals surface area contributed by atoms with Crippen LogP contribution in [0.3, 0.4) is 0 Å². The fraction of sp³-hybridized carbons (Fsp3) is 0.333. The van der Waals surface area contributed by atoms with Crippen LogP contribution in [0.2, 0.25) is 0 Å². The molecular formula is C15H18N2O3S. The van der Waals surface area contributed by atoms with Crippen LogP contribution < -0.4 is 9.47 Å². The lowest BCUT2D eigenvalue weighted by molar-refractivity contribution is -0.128. The molecule has 0 aliphatic rings. The van der Waals surface area contributed by atoms with E-state index in [2.05, 4.69) is 4.98 Å². The first-order valence-electron chi connectivity index (χ1n) is 6.42. The number of thiazole rings is 1. The van der Waals surface area contributed by atoms with Gasteiger partial charge in [0.15, 0.2) is 11.5 Å². The first-order chi connectivity index (χ1) is 10.0. The lowest BCUT2D eigenvalue weighted by Crippen LogP contribution is -2.23. The lowest BCUT2D eigenvalue weighted by Gasteiger charge is -2.08. The average Bonchev–Trinajstić information content (AvgIpc) is 2.94. The van der Waals surface area contributed by atoms with Gasteiger partial charge in [-0.15, -0.1) is 11.3 Å². The highest BCUT2D eigenvalue weighted by Gasteiger charge is 2.12. The molecule has 0 atom stereocenters. The molecule has 21 heavy (non-hydrogen) atoms. The summed E-state index contributed by atoms with van der Waals surface area (Å²) in [6.07, 6.45) is 0.316. The number of ether oxygens (including phenoxy) is 2. The Labute approximate surface area is 128 Å². The summed E-state index contributed by atoms with van der Waals surface area (Å²) < 4.78 is 10.5. The zero-order chi connectivity index (χ0) is 15.4. The molecule has 0 bridgehead atoms. The molecule has 0 aliphatic heterocycles. The summed E-state index contributed by atoms with van der Waals surface area (Å²) in [5.41, 5.74) is 1.73. The minimum absolute atomic E-state index is 0.0409. The second-order valence-corrected chi connectivity index (χ2v) is 5.54. The normalized spacial score (nSPS) is 10.3. The summed E-state index contributed by atoms with van der Waals surface area (Å²) in [7, 11) is 6.68. The molecule has 0 fully saturated rings. The molecule has 1 heterocycles. The summed E-state index contributed by atoms with van der Waals surface area (Å²) >= 11 is 1.51. The second kappa shape index (κ2) is 6.58. The number of likely N-dealkylation sites (N-methyl/N-ethyl adjacent to an activating group) is 1. The maximum absolute atomic E-state index is 11.7. The van der Waals surface area contributed by atoms with Crippen LogP contribution in [0.1, 0.15) is 5.69 Å². The van der Waals surface area contributed by atoms with E-state index in [0.29, 0.717) is 17.9 Å². The summed E-state index contributed by atoms with van der Waals surface area (Å²) in [5, 5.41) is 2.77. The van der Waals surface area contributed by atoms with Gasteiger partial charge in [-0.05, 0) is 18.2 Å². The van der Waals surface area contributed by atoms with E-state index in [1.54, 1.807) is 33.2 Å².